The van der Waals surface area contributed by atoms with E-state index < -0.39 is 5.97 Å². The summed E-state index contributed by atoms with van der Waals surface area (Å²) in [6, 6.07) is 6.22. The first kappa shape index (κ1) is 15.0. The number of amides is 2. The average molecular weight is 264 g/mol. The number of nitrogens with zero attached hydrogens (tertiary/aromatic N) is 1. The number of nitrogens with one attached hydrogen (secondary N) is 1. The maximum Gasteiger partial charge on any atom is 0.337 e. The van der Waals surface area contributed by atoms with Gasteiger partial charge in [-0.25, -0.2) is 9.59 Å². The Morgan fingerprint density at radius 1 is 1.37 bits per heavy atom. The number of hydrogen-bond acceptors (Lipinski definition) is 2. The van der Waals surface area contributed by atoms with Gasteiger partial charge in [0.15, 0.2) is 0 Å². The summed E-state index contributed by atoms with van der Waals surface area (Å²) in [5, 5.41) is 11.9. The van der Waals surface area contributed by atoms with Crippen molar-refractivity contribution in [3.63, 3.8) is 0 Å². The molecule has 0 aliphatic rings. The summed E-state index contributed by atoms with van der Waals surface area (Å²) in [7, 11) is 1.57. The van der Waals surface area contributed by atoms with Gasteiger partial charge < -0.3 is 10.4 Å². The van der Waals surface area contributed by atoms with Crippen LogP contribution in [-0.4, -0.2) is 30.2 Å². The van der Waals surface area contributed by atoms with Crippen LogP contribution in [0, 0.1) is 0 Å². The molecule has 104 valence electrons. The molecular formula is C14H20N2O3. The maximum atomic E-state index is 12.0. The molecule has 5 heteroatoms. The molecule has 19 heavy (non-hydrogen) atoms. The molecule has 0 heterocycles. The number of para-hydroxylation sites is 1. The Balaban J connectivity index is 2.85. The smallest absolute Gasteiger partial charge is 0.337 e. The van der Waals surface area contributed by atoms with Crippen molar-refractivity contribution in [2.75, 3.05) is 11.9 Å². The zero-order chi connectivity index (χ0) is 14.4. The van der Waals surface area contributed by atoms with Gasteiger partial charge in [-0.15, -0.1) is 0 Å². The summed E-state index contributed by atoms with van der Waals surface area (Å²) in [5.41, 5.74) is 0.500. The molecule has 0 fully saturated rings. The number of hydrogen-bond donors (Lipinski definition) is 2. The van der Waals surface area contributed by atoms with Gasteiger partial charge in [-0.1, -0.05) is 25.5 Å². The van der Waals surface area contributed by atoms with Crippen LogP contribution in [0.1, 0.15) is 37.0 Å². The van der Waals surface area contributed by atoms with Crippen molar-refractivity contribution in [3.05, 3.63) is 29.8 Å². The first-order valence-corrected chi connectivity index (χ1v) is 6.34. The first-order chi connectivity index (χ1) is 8.97. The molecule has 0 bridgehead atoms. The van der Waals surface area contributed by atoms with Crippen molar-refractivity contribution < 1.29 is 14.7 Å². The third-order valence-electron chi connectivity index (χ3n) is 2.89. The zero-order valence-corrected chi connectivity index (χ0v) is 11.5. The fourth-order valence-corrected chi connectivity index (χ4v) is 1.87. The average Bonchev–Trinajstić information content (AvgIpc) is 2.37. The predicted octanol–water partition coefficient (Wildman–Crippen LogP) is 2.72. The van der Waals surface area contributed by atoms with E-state index >= 15 is 0 Å². The van der Waals surface area contributed by atoms with Crippen molar-refractivity contribution in [3.8, 4) is 0 Å². The van der Waals surface area contributed by atoms with E-state index in [2.05, 4.69) is 5.32 Å². The van der Waals surface area contributed by atoms with Gasteiger partial charge in [0.1, 0.15) is 0 Å². The molecule has 0 aromatic heterocycles. The summed E-state index contributed by atoms with van der Waals surface area (Å²) >= 11 is 0. The summed E-state index contributed by atoms with van der Waals surface area (Å²) in [5.74, 6) is -1.04. The summed E-state index contributed by atoms with van der Waals surface area (Å²) < 4.78 is 0. The minimum absolute atomic E-state index is 0.0666. The SMILES string of the molecule is CCCC(C)NC(=O)N(C)c1ccccc1C(=O)O. The number of carboxylic acid groups (broad SMARTS) is 1. The minimum atomic E-state index is -1.04. The Hall–Kier alpha value is -2.04. The van der Waals surface area contributed by atoms with E-state index in [0.29, 0.717) is 5.69 Å². The standard InChI is InChI=1S/C14H20N2O3/c1-4-7-10(2)15-14(19)16(3)12-9-6-5-8-11(12)13(17)18/h5-6,8-10H,4,7H2,1-3H3,(H,15,19)(H,17,18). The van der Waals surface area contributed by atoms with Gasteiger partial charge in [-0.3, -0.25) is 4.90 Å². The third-order valence-corrected chi connectivity index (χ3v) is 2.89. The van der Waals surface area contributed by atoms with Crippen LogP contribution in [0.5, 0.6) is 0 Å². The quantitative estimate of drug-likeness (QED) is 0.859. The van der Waals surface area contributed by atoms with Crippen molar-refractivity contribution in [2.24, 2.45) is 0 Å². The first-order valence-electron chi connectivity index (χ1n) is 6.34. The Morgan fingerprint density at radius 3 is 2.58 bits per heavy atom. The molecule has 2 amide bonds. The lowest BCUT2D eigenvalue weighted by molar-refractivity contribution is 0.0697. The van der Waals surface area contributed by atoms with Crippen molar-refractivity contribution >= 4 is 17.7 Å². The summed E-state index contributed by atoms with van der Waals surface area (Å²) in [4.78, 5) is 24.5. The highest BCUT2D eigenvalue weighted by Crippen LogP contribution is 2.19. The second-order valence-corrected chi connectivity index (χ2v) is 4.52. The Kier molecular flexibility index (Phi) is 5.36. The van der Waals surface area contributed by atoms with Crippen LogP contribution in [0.15, 0.2) is 24.3 Å². The Labute approximate surface area is 113 Å². The van der Waals surface area contributed by atoms with E-state index in [1.54, 1.807) is 25.2 Å². The van der Waals surface area contributed by atoms with Crippen molar-refractivity contribution in [1.82, 2.24) is 5.32 Å². The minimum Gasteiger partial charge on any atom is -0.478 e. The molecule has 1 aromatic rings. The molecule has 5 nitrogen and oxygen atoms in total. The van der Waals surface area contributed by atoms with Crippen LogP contribution in [-0.2, 0) is 0 Å². The van der Waals surface area contributed by atoms with Crippen molar-refractivity contribution in [1.29, 1.82) is 0 Å². The number of aromatic carboxylic acids is 1. The summed E-state index contributed by atoms with van der Waals surface area (Å²) in [6.45, 7) is 3.98. The molecule has 1 atom stereocenters. The van der Waals surface area contributed by atoms with Gasteiger partial charge in [0, 0.05) is 13.1 Å². The highest BCUT2D eigenvalue weighted by atomic mass is 16.4. The highest BCUT2D eigenvalue weighted by Gasteiger charge is 2.18. The fraction of sp³-hybridized carbons (Fsp3) is 0.429. The molecule has 0 spiro atoms. The number of carboxylic acids is 1. The van der Waals surface area contributed by atoms with Gasteiger partial charge in [0.25, 0.3) is 0 Å². The molecule has 2 N–H and O–H groups in total. The molecule has 0 aliphatic carbocycles. The van der Waals surface area contributed by atoms with Gasteiger partial charge in [-0.2, -0.15) is 0 Å². The lowest BCUT2D eigenvalue weighted by Crippen LogP contribution is -2.42. The van der Waals surface area contributed by atoms with E-state index in [4.69, 9.17) is 5.11 Å². The van der Waals surface area contributed by atoms with Gasteiger partial charge in [-0.05, 0) is 25.5 Å². The van der Waals surface area contributed by atoms with Gasteiger partial charge >= 0.3 is 12.0 Å². The van der Waals surface area contributed by atoms with Crippen LogP contribution >= 0.6 is 0 Å². The molecule has 1 rings (SSSR count). The van der Waals surface area contributed by atoms with Crippen LogP contribution in [0.25, 0.3) is 0 Å². The Bertz CT molecular complexity index is 460. The number of rotatable bonds is 5. The molecular weight excluding hydrogens is 244 g/mol. The number of carbonyl (C=O) groups is 2. The highest BCUT2D eigenvalue weighted by molar-refractivity contribution is 6.01. The molecule has 0 saturated carbocycles. The largest absolute Gasteiger partial charge is 0.478 e. The molecule has 1 unspecified atom stereocenters. The Morgan fingerprint density at radius 2 is 2.00 bits per heavy atom. The van der Waals surface area contributed by atoms with E-state index in [1.807, 2.05) is 13.8 Å². The summed E-state index contributed by atoms with van der Waals surface area (Å²) in [6.07, 6.45) is 1.87. The fourth-order valence-electron chi connectivity index (χ4n) is 1.87. The molecule has 0 saturated heterocycles. The maximum absolute atomic E-state index is 12.0. The second kappa shape index (κ2) is 6.78. The van der Waals surface area contributed by atoms with E-state index in [1.165, 1.54) is 11.0 Å². The normalized spacial score (nSPS) is 11.7. The van der Waals surface area contributed by atoms with E-state index in [-0.39, 0.29) is 17.6 Å². The zero-order valence-electron chi connectivity index (χ0n) is 11.5. The van der Waals surface area contributed by atoms with Crippen LogP contribution in [0.4, 0.5) is 10.5 Å². The third kappa shape index (κ3) is 3.98. The van der Waals surface area contributed by atoms with Crippen molar-refractivity contribution in [2.45, 2.75) is 32.7 Å². The van der Waals surface area contributed by atoms with Crippen LogP contribution in [0.2, 0.25) is 0 Å². The topological polar surface area (TPSA) is 69.6 Å². The molecule has 0 radical (unpaired) electrons. The van der Waals surface area contributed by atoms with E-state index in [0.717, 1.165) is 12.8 Å². The molecule has 1 aromatic carbocycles. The lowest BCUT2D eigenvalue weighted by Gasteiger charge is -2.22. The number of urea groups is 1. The van der Waals surface area contributed by atoms with Crippen LogP contribution < -0.4 is 10.2 Å². The number of benzene rings is 1. The number of anilines is 1. The van der Waals surface area contributed by atoms with E-state index in [9.17, 15) is 9.59 Å². The van der Waals surface area contributed by atoms with Gasteiger partial charge in [0.05, 0.1) is 11.3 Å². The number of carbonyl (C=O) groups excluding carboxylic acids is 1. The molecule has 0 aliphatic heterocycles. The second-order valence-electron chi connectivity index (χ2n) is 4.52. The van der Waals surface area contributed by atoms with Gasteiger partial charge in [0.2, 0.25) is 0 Å². The monoisotopic (exact) mass is 264 g/mol. The predicted molar refractivity (Wildman–Crippen MR) is 74.7 cm³/mol. The van der Waals surface area contributed by atoms with Crippen LogP contribution in [0.3, 0.4) is 0 Å². The lowest BCUT2D eigenvalue weighted by atomic mass is 10.1.